The van der Waals surface area contributed by atoms with Gasteiger partial charge in [-0.1, -0.05) is 12.8 Å². The van der Waals surface area contributed by atoms with E-state index in [1.165, 1.54) is 0 Å². The van der Waals surface area contributed by atoms with E-state index in [4.69, 9.17) is 10.8 Å². The van der Waals surface area contributed by atoms with Crippen LogP contribution in [-0.2, 0) is 4.79 Å². The van der Waals surface area contributed by atoms with Gasteiger partial charge in [-0.3, -0.25) is 4.79 Å². The summed E-state index contributed by atoms with van der Waals surface area (Å²) < 4.78 is 0. The van der Waals surface area contributed by atoms with Crippen LogP contribution in [0.5, 0.6) is 0 Å². The molecule has 0 aliphatic rings. The van der Waals surface area contributed by atoms with E-state index >= 15 is 0 Å². The van der Waals surface area contributed by atoms with Gasteiger partial charge in [0.05, 0.1) is 0 Å². The van der Waals surface area contributed by atoms with Gasteiger partial charge in [-0.2, -0.15) is 0 Å². The lowest BCUT2D eigenvalue weighted by Gasteiger charge is -2.02. The van der Waals surface area contributed by atoms with Crippen LogP contribution in [0.15, 0.2) is 0 Å². The third kappa shape index (κ3) is 9.43. The average Bonchev–Trinajstić information content (AvgIpc) is 1.85. The fraction of sp³-hybridized carbons (Fsp3) is 0.875. The SMILES string of the molecule is CC(N)CCCCCC(=O)O. The Bertz CT molecular complexity index is 113. The number of aliphatic carboxylic acids is 1. The third-order valence-corrected chi connectivity index (χ3v) is 1.55. The zero-order valence-corrected chi connectivity index (χ0v) is 7.05. The fourth-order valence-corrected chi connectivity index (χ4v) is 0.919. The minimum absolute atomic E-state index is 0.250. The van der Waals surface area contributed by atoms with Gasteiger partial charge in [-0.25, -0.2) is 0 Å². The number of carboxylic acid groups (broad SMARTS) is 1. The monoisotopic (exact) mass is 159 g/mol. The average molecular weight is 159 g/mol. The van der Waals surface area contributed by atoms with E-state index in [0.29, 0.717) is 6.42 Å². The molecule has 0 saturated heterocycles. The molecule has 0 bridgehead atoms. The van der Waals surface area contributed by atoms with Crippen molar-refractivity contribution in [1.82, 2.24) is 0 Å². The Hall–Kier alpha value is -0.570. The first kappa shape index (κ1) is 10.4. The Morgan fingerprint density at radius 2 is 2.09 bits per heavy atom. The molecule has 3 heteroatoms. The van der Waals surface area contributed by atoms with Crippen molar-refractivity contribution in [2.24, 2.45) is 5.73 Å². The topological polar surface area (TPSA) is 63.3 Å². The van der Waals surface area contributed by atoms with Gasteiger partial charge in [0.2, 0.25) is 0 Å². The van der Waals surface area contributed by atoms with Crippen molar-refractivity contribution in [3.8, 4) is 0 Å². The van der Waals surface area contributed by atoms with E-state index in [1.54, 1.807) is 0 Å². The summed E-state index contributed by atoms with van der Waals surface area (Å²) in [5, 5.41) is 8.30. The number of unbranched alkanes of at least 4 members (excludes halogenated alkanes) is 2. The van der Waals surface area contributed by atoms with Crippen LogP contribution in [0.3, 0.4) is 0 Å². The summed E-state index contributed by atoms with van der Waals surface area (Å²) in [6, 6.07) is 0.250. The van der Waals surface area contributed by atoms with Gasteiger partial charge in [0.15, 0.2) is 0 Å². The first-order valence-electron chi connectivity index (χ1n) is 4.10. The molecule has 66 valence electrons. The maximum Gasteiger partial charge on any atom is 0.303 e. The second-order valence-corrected chi connectivity index (χ2v) is 2.97. The first-order chi connectivity index (χ1) is 5.13. The van der Waals surface area contributed by atoms with Crippen LogP contribution in [0.1, 0.15) is 39.0 Å². The molecular formula is C8H17NO2. The molecule has 0 radical (unpaired) electrons. The Labute approximate surface area is 67.6 Å². The summed E-state index contributed by atoms with van der Waals surface area (Å²) in [6.45, 7) is 1.97. The maximum absolute atomic E-state index is 10.1. The van der Waals surface area contributed by atoms with E-state index in [0.717, 1.165) is 25.7 Å². The van der Waals surface area contributed by atoms with Gasteiger partial charge in [0, 0.05) is 12.5 Å². The van der Waals surface area contributed by atoms with Crippen LogP contribution in [0.2, 0.25) is 0 Å². The van der Waals surface area contributed by atoms with Crippen molar-refractivity contribution < 1.29 is 9.90 Å². The number of hydrogen-bond donors (Lipinski definition) is 2. The number of rotatable bonds is 6. The van der Waals surface area contributed by atoms with Crippen molar-refractivity contribution in [2.75, 3.05) is 0 Å². The molecule has 0 aliphatic carbocycles. The molecule has 0 saturated carbocycles. The number of nitrogens with two attached hydrogens (primary N) is 1. The van der Waals surface area contributed by atoms with Crippen LogP contribution in [-0.4, -0.2) is 17.1 Å². The summed E-state index contributed by atoms with van der Waals surface area (Å²) in [5.74, 6) is -0.703. The van der Waals surface area contributed by atoms with Crippen molar-refractivity contribution in [3.05, 3.63) is 0 Å². The number of hydrogen-bond acceptors (Lipinski definition) is 2. The summed E-state index contributed by atoms with van der Waals surface area (Å²) in [5.41, 5.74) is 5.52. The van der Waals surface area contributed by atoms with Crippen LogP contribution in [0.25, 0.3) is 0 Å². The van der Waals surface area contributed by atoms with Crippen molar-refractivity contribution >= 4 is 5.97 Å². The molecule has 0 aliphatic heterocycles. The van der Waals surface area contributed by atoms with E-state index in [1.807, 2.05) is 6.92 Å². The van der Waals surface area contributed by atoms with Gasteiger partial charge < -0.3 is 10.8 Å². The fourth-order valence-electron chi connectivity index (χ4n) is 0.919. The zero-order chi connectivity index (χ0) is 8.69. The third-order valence-electron chi connectivity index (χ3n) is 1.55. The molecule has 1 unspecified atom stereocenters. The predicted octanol–water partition coefficient (Wildman–Crippen LogP) is 1.37. The minimum atomic E-state index is -0.703. The molecule has 1 atom stereocenters. The molecule has 0 aromatic rings. The van der Waals surface area contributed by atoms with Crippen LogP contribution >= 0.6 is 0 Å². The lowest BCUT2D eigenvalue weighted by Crippen LogP contribution is -2.13. The Kier molecular flexibility index (Phi) is 5.84. The van der Waals surface area contributed by atoms with Crippen LogP contribution in [0, 0.1) is 0 Å². The van der Waals surface area contributed by atoms with Gasteiger partial charge in [0.1, 0.15) is 0 Å². The molecule has 3 N–H and O–H groups in total. The van der Waals surface area contributed by atoms with Crippen LogP contribution in [0.4, 0.5) is 0 Å². The highest BCUT2D eigenvalue weighted by atomic mass is 16.4. The second-order valence-electron chi connectivity index (χ2n) is 2.97. The quantitative estimate of drug-likeness (QED) is 0.575. The molecule has 11 heavy (non-hydrogen) atoms. The molecule has 0 heterocycles. The molecule has 0 fully saturated rings. The highest BCUT2D eigenvalue weighted by Gasteiger charge is 1.97. The molecule has 3 nitrogen and oxygen atoms in total. The molecule has 0 amide bonds. The van der Waals surface area contributed by atoms with E-state index in [-0.39, 0.29) is 6.04 Å². The molecular weight excluding hydrogens is 142 g/mol. The number of carbonyl (C=O) groups is 1. The summed E-state index contributed by atoms with van der Waals surface area (Å²) in [6.07, 6.45) is 4.10. The van der Waals surface area contributed by atoms with E-state index in [2.05, 4.69) is 0 Å². The van der Waals surface area contributed by atoms with Crippen LogP contribution < -0.4 is 5.73 Å². The molecule has 0 spiro atoms. The smallest absolute Gasteiger partial charge is 0.303 e. The summed E-state index contributed by atoms with van der Waals surface area (Å²) in [4.78, 5) is 10.1. The second kappa shape index (κ2) is 6.16. The number of carboxylic acids is 1. The molecule has 0 aromatic carbocycles. The van der Waals surface area contributed by atoms with Crippen molar-refractivity contribution in [3.63, 3.8) is 0 Å². The van der Waals surface area contributed by atoms with Crippen molar-refractivity contribution in [2.45, 2.75) is 45.1 Å². The first-order valence-corrected chi connectivity index (χ1v) is 4.10. The lowest BCUT2D eigenvalue weighted by molar-refractivity contribution is -0.137. The molecule has 0 rings (SSSR count). The zero-order valence-electron chi connectivity index (χ0n) is 7.05. The lowest BCUT2D eigenvalue weighted by atomic mass is 10.1. The minimum Gasteiger partial charge on any atom is -0.481 e. The van der Waals surface area contributed by atoms with Gasteiger partial charge >= 0.3 is 5.97 Å². The molecule has 0 aromatic heterocycles. The van der Waals surface area contributed by atoms with E-state index in [9.17, 15) is 4.79 Å². The standard InChI is InChI=1S/C8H17NO2/c1-7(9)5-3-2-4-6-8(10)11/h7H,2-6,9H2,1H3,(H,10,11). The normalized spacial score (nSPS) is 12.9. The Morgan fingerprint density at radius 3 is 2.55 bits per heavy atom. The summed E-state index contributed by atoms with van der Waals surface area (Å²) >= 11 is 0. The summed E-state index contributed by atoms with van der Waals surface area (Å²) in [7, 11) is 0. The van der Waals surface area contributed by atoms with E-state index < -0.39 is 5.97 Å². The van der Waals surface area contributed by atoms with Crippen molar-refractivity contribution in [1.29, 1.82) is 0 Å². The highest BCUT2D eigenvalue weighted by Crippen LogP contribution is 2.03. The van der Waals surface area contributed by atoms with Gasteiger partial charge in [-0.05, 0) is 19.8 Å². The van der Waals surface area contributed by atoms with Gasteiger partial charge in [-0.15, -0.1) is 0 Å². The largest absolute Gasteiger partial charge is 0.481 e. The van der Waals surface area contributed by atoms with Gasteiger partial charge in [0.25, 0.3) is 0 Å². The maximum atomic E-state index is 10.1. The predicted molar refractivity (Wildman–Crippen MR) is 44.4 cm³/mol. The Balaban J connectivity index is 2.97. The Morgan fingerprint density at radius 1 is 1.45 bits per heavy atom. The highest BCUT2D eigenvalue weighted by molar-refractivity contribution is 5.66.